The molecule has 0 unspecified atom stereocenters. The average Bonchev–Trinajstić information content (AvgIpc) is 2.72. The van der Waals surface area contributed by atoms with Gasteiger partial charge in [0, 0.05) is 5.57 Å². The summed E-state index contributed by atoms with van der Waals surface area (Å²) in [6.45, 7) is 16.6. The fourth-order valence-corrected chi connectivity index (χ4v) is 2.84. The van der Waals surface area contributed by atoms with Gasteiger partial charge in [-0.15, -0.1) is 0 Å². The normalized spacial score (nSPS) is 16.0. The zero-order valence-corrected chi connectivity index (χ0v) is 18.5. The molecular formula is C22H30O10. The first-order valence-corrected chi connectivity index (χ1v) is 9.32. The lowest BCUT2D eigenvalue weighted by atomic mass is 9.65. The predicted molar refractivity (Wildman–Crippen MR) is 113 cm³/mol. The van der Waals surface area contributed by atoms with Crippen LogP contribution < -0.4 is 0 Å². The van der Waals surface area contributed by atoms with Gasteiger partial charge in [-0.3, -0.25) is 14.4 Å². The van der Waals surface area contributed by atoms with Crippen LogP contribution in [0.4, 0.5) is 0 Å². The second-order valence-corrected chi connectivity index (χ2v) is 7.63. The highest BCUT2D eigenvalue weighted by Crippen LogP contribution is 2.40. The molecular weight excluding hydrogens is 424 g/mol. The number of hydrogen-bond donors (Lipinski definition) is 5. The van der Waals surface area contributed by atoms with E-state index in [2.05, 4.69) is 26.3 Å². The Kier molecular flexibility index (Phi) is 9.78. The van der Waals surface area contributed by atoms with E-state index in [9.17, 15) is 39.6 Å². The van der Waals surface area contributed by atoms with Gasteiger partial charge in [0.15, 0.2) is 5.78 Å². The van der Waals surface area contributed by atoms with Crippen molar-refractivity contribution in [1.29, 1.82) is 0 Å². The minimum Gasteiger partial charge on any atom is -0.435 e. The van der Waals surface area contributed by atoms with Crippen LogP contribution in [0.2, 0.25) is 0 Å². The maximum atomic E-state index is 13.3. The molecule has 32 heavy (non-hydrogen) atoms. The van der Waals surface area contributed by atoms with Crippen molar-refractivity contribution >= 4 is 23.3 Å². The van der Waals surface area contributed by atoms with Gasteiger partial charge in [0.2, 0.25) is 17.2 Å². The number of aliphatic hydroxyl groups excluding tert-OH is 4. The van der Waals surface area contributed by atoms with Crippen molar-refractivity contribution in [2.24, 2.45) is 0 Å². The van der Waals surface area contributed by atoms with E-state index in [-0.39, 0.29) is 5.57 Å². The first-order chi connectivity index (χ1) is 14.4. The van der Waals surface area contributed by atoms with Gasteiger partial charge >= 0.3 is 5.97 Å². The van der Waals surface area contributed by atoms with Crippen LogP contribution >= 0.6 is 0 Å². The maximum absolute atomic E-state index is 13.3. The topological polar surface area (TPSA) is 179 Å². The zero-order chi connectivity index (χ0) is 25.8. The quantitative estimate of drug-likeness (QED) is 0.133. The van der Waals surface area contributed by atoms with E-state index in [1.807, 2.05) is 0 Å². The van der Waals surface area contributed by atoms with Crippen LogP contribution in [0.1, 0.15) is 27.7 Å². The van der Waals surface area contributed by atoms with Gasteiger partial charge in [-0.25, -0.2) is 4.79 Å². The van der Waals surface area contributed by atoms with Crippen molar-refractivity contribution in [3.8, 4) is 0 Å². The Labute approximate surface area is 185 Å². The Bertz CT molecular complexity index is 842. The second-order valence-electron chi connectivity index (χ2n) is 7.63. The smallest absolute Gasteiger partial charge is 0.334 e. The van der Waals surface area contributed by atoms with E-state index in [0.29, 0.717) is 0 Å². The van der Waals surface area contributed by atoms with E-state index in [1.54, 1.807) is 0 Å². The number of Topliss-reactive ketones (excluding diaryl/α,β-unsaturated/α-hetero) is 3. The molecule has 10 nitrogen and oxygen atoms in total. The number of ketones is 3. The van der Waals surface area contributed by atoms with Crippen molar-refractivity contribution < 1.29 is 49.4 Å². The maximum Gasteiger partial charge on any atom is 0.334 e. The number of carbonyl (C=O) groups excluding carboxylic acids is 4. The van der Waals surface area contributed by atoms with Crippen LogP contribution in [-0.2, 0) is 23.9 Å². The Morgan fingerprint density at radius 2 is 1.16 bits per heavy atom. The number of hydrogen-bond acceptors (Lipinski definition) is 10. The molecule has 0 fully saturated rings. The highest BCUT2D eigenvalue weighted by molar-refractivity contribution is 6.28. The molecule has 0 spiro atoms. The van der Waals surface area contributed by atoms with Crippen LogP contribution in [0.3, 0.4) is 0 Å². The van der Waals surface area contributed by atoms with Crippen molar-refractivity contribution in [1.82, 2.24) is 0 Å². The number of ether oxygens (including phenoxy) is 1. The van der Waals surface area contributed by atoms with Gasteiger partial charge < -0.3 is 30.3 Å². The summed E-state index contributed by atoms with van der Waals surface area (Å²) < 4.78 is 5.08. The molecule has 0 saturated carbocycles. The molecule has 0 aromatic heterocycles. The molecule has 0 aliphatic carbocycles. The van der Waals surface area contributed by atoms with Crippen LogP contribution in [0, 0.1) is 0 Å². The fraction of sp³-hybridized carbons (Fsp3) is 0.455. The summed E-state index contributed by atoms with van der Waals surface area (Å²) in [7, 11) is 0. The van der Waals surface area contributed by atoms with Gasteiger partial charge in [-0.2, -0.15) is 0 Å². The zero-order valence-electron chi connectivity index (χ0n) is 18.5. The van der Waals surface area contributed by atoms with E-state index in [4.69, 9.17) is 9.84 Å². The highest BCUT2D eigenvalue weighted by atomic mass is 16.6. The molecule has 0 radical (unpaired) electrons. The largest absolute Gasteiger partial charge is 0.435 e. The Hall–Kier alpha value is -2.76. The Morgan fingerprint density at radius 3 is 1.44 bits per heavy atom. The number of aliphatic hydroxyl groups is 5. The molecule has 0 bridgehead atoms. The molecule has 0 aromatic carbocycles. The van der Waals surface area contributed by atoms with Crippen LogP contribution in [0.15, 0.2) is 48.6 Å². The third-order valence-corrected chi connectivity index (χ3v) is 4.61. The van der Waals surface area contributed by atoms with Crippen LogP contribution in [0.25, 0.3) is 0 Å². The first kappa shape index (κ1) is 29.2. The average molecular weight is 454 g/mol. The lowest BCUT2D eigenvalue weighted by Crippen LogP contribution is -2.76. The highest BCUT2D eigenvalue weighted by Gasteiger charge is 2.72. The number of carbonyl (C=O) groups is 4. The summed E-state index contributed by atoms with van der Waals surface area (Å²) in [4.78, 5) is 52.2. The molecule has 0 rings (SSSR count). The summed E-state index contributed by atoms with van der Waals surface area (Å²) in [5, 5.41) is 51.5. The van der Waals surface area contributed by atoms with Gasteiger partial charge in [0.1, 0.15) is 18.3 Å². The molecule has 0 saturated heterocycles. The van der Waals surface area contributed by atoms with E-state index < -0.39 is 76.2 Å². The van der Waals surface area contributed by atoms with E-state index in [1.165, 1.54) is 0 Å². The lowest BCUT2D eigenvalue weighted by molar-refractivity contribution is -0.228. The monoisotopic (exact) mass is 454 g/mol. The van der Waals surface area contributed by atoms with E-state index >= 15 is 0 Å². The lowest BCUT2D eigenvalue weighted by Gasteiger charge is -2.46. The van der Waals surface area contributed by atoms with Crippen LogP contribution in [-0.4, -0.2) is 85.0 Å². The summed E-state index contributed by atoms with van der Waals surface area (Å²) in [6, 6.07) is 0. The molecule has 4 atom stereocenters. The SMILES string of the molecule is C=C(C)C(=O)OC(C(=O)C(=C)C)(C(=O)C(=C)C)[C@@](O)(C(=O)C(=C)C)[C@@H](O)[C@H](O)[C@H](O)CO. The number of esters is 1. The third-order valence-electron chi connectivity index (χ3n) is 4.61. The molecule has 0 aliphatic heterocycles. The summed E-state index contributed by atoms with van der Waals surface area (Å²) in [6.07, 6.45) is -7.48. The van der Waals surface area contributed by atoms with Gasteiger partial charge in [-0.05, 0) is 44.4 Å². The summed E-state index contributed by atoms with van der Waals surface area (Å²) in [5.41, 5.74) is -9.10. The van der Waals surface area contributed by atoms with Gasteiger partial charge in [0.05, 0.1) is 6.61 Å². The van der Waals surface area contributed by atoms with Gasteiger partial charge in [0.25, 0.3) is 5.60 Å². The standard InChI is InChI=1S/C22H30O10/c1-10(2)16(26)21(31,19(29)15(25)14(24)9-23)22(17(27)11(3)4,18(28)12(5)6)32-20(30)13(7)8/h14-15,19,23-25,29,31H,1,3,5,7,9H2,2,4,6,8H3/t14-,15-,19+,21-/m1/s1. The minimum atomic E-state index is -3.73. The molecule has 0 aromatic rings. The third kappa shape index (κ3) is 5.00. The molecule has 0 amide bonds. The van der Waals surface area contributed by atoms with E-state index in [0.717, 1.165) is 27.7 Å². The molecule has 178 valence electrons. The fourth-order valence-electron chi connectivity index (χ4n) is 2.84. The Balaban J connectivity index is 7.75. The van der Waals surface area contributed by atoms with Crippen molar-refractivity contribution in [2.45, 2.75) is 57.2 Å². The number of rotatable bonds is 13. The predicted octanol–water partition coefficient (Wildman–Crippen LogP) is -0.914. The van der Waals surface area contributed by atoms with Crippen molar-refractivity contribution in [2.75, 3.05) is 6.61 Å². The molecule has 5 N–H and O–H groups in total. The van der Waals surface area contributed by atoms with Crippen molar-refractivity contribution in [3.63, 3.8) is 0 Å². The molecule has 10 heteroatoms. The minimum absolute atomic E-state index is 0.353. The summed E-state index contributed by atoms with van der Waals surface area (Å²) in [5.74, 6) is -5.98. The second kappa shape index (κ2) is 10.7. The van der Waals surface area contributed by atoms with Crippen LogP contribution in [0.5, 0.6) is 0 Å². The van der Waals surface area contributed by atoms with Crippen molar-refractivity contribution in [3.05, 3.63) is 48.6 Å². The molecule has 0 aliphatic rings. The first-order valence-electron chi connectivity index (χ1n) is 9.32. The Morgan fingerprint density at radius 1 is 0.781 bits per heavy atom. The summed E-state index contributed by atoms with van der Waals surface area (Å²) >= 11 is 0. The molecule has 0 heterocycles. The van der Waals surface area contributed by atoms with Gasteiger partial charge in [-0.1, -0.05) is 26.3 Å².